The summed E-state index contributed by atoms with van der Waals surface area (Å²) in [5.41, 5.74) is 2.02. The minimum Gasteiger partial charge on any atom is -0.206 e. The number of alkyl halides is 3. The topological polar surface area (TPSA) is 0 Å². The highest BCUT2D eigenvalue weighted by Gasteiger charge is 2.34. The van der Waals surface area contributed by atoms with Crippen LogP contribution in [0.25, 0.3) is 21.9 Å². The Labute approximate surface area is 200 Å². The molecule has 1 saturated carbocycles. The van der Waals surface area contributed by atoms with E-state index in [4.69, 9.17) is 0 Å². The van der Waals surface area contributed by atoms with E-state index < -0.39 is 17.6 Å². The second kappa shape index (κ2) is 10.9. The van der Waals surface area contributed by atoms with Gasteiger partial charge in [0.1, 0.15) is 5.82 Å². The molecule has 0 aliphatic heterocycles. The molecule has 34 heavy (non-hydrogen) atoms. The number of fused-ring (bicyclic) bond motifs is 1. The summed E-state index contributed by atoms with van der Waals surface area (Å²) in [5.74, 6) is 0.286. The van der Waals surface area contributed by atoms with Crippen LogP contribution in [0.3, 0.4) is 0 Å². The van der Waals surface area contributed by atoms with Crippen molar-refractivity contribution in [2.24, 2.45) is 5.92 Å². The van der Waals surface area contributed by atoms with E-state index in [2.05, 4.69) is 31.2 Å². The zero-order valence-corrected chi connectivity index (χ0v) is 19.9. The Balaban J connectivity index is 1.38. The summed E-state index contributed by atoms with van der Waals surface area (Å²) in [6, 6.07) is 15.6. The average molecular weight is 471 g/mol. The van der Waals surface area contributed by atoms with E-state index in [0.717, 1.165) is 23.1 Å². The summed E-state index contributed by atoms with van der Waals surface area (Å²) < 4.78 is 53.4. The highest BCUT2D eigenvalue weighted by molar-refractivity contribution is 5.88. The van der Waals surface area contributed by atoms with E-state index in [1.54, 1.807) is 12.1 Å². The molecule has 3 aromatic rings. The molecule has 1 aliphatic carbocycles. The maximum atomic E-state index is 14.4. The monoisotopic (exact) mass is 470 g/mol. The molecule has 1 aliphatic rings. The molecule has 4 rings (SSSR count). The molecule has 0 heterocycles. The van der Waals surface area contributed by atoms with Gasteiger partial charge in [0.2, 0.25) is 0 Å². The van der Waals surface area contributed by atoms with Gasteiger partial charge in [-0.1, -0.05) is 87.9 Å². The average Bonchev–Trinajstić information content (AvgIpc) is 2.84. The van der Waals surface area contributed by atoms with Gasteiger partial charge in [-0.25, -0.2) is 4.39 Å². The molecule has 0 amide bonds. The maximum Gasteiger partial charge on any atom is 0.419 e. The molecule has 0 spiro atoms. The highest BCUT2D eigenvalue weighted by atomic mass is 19.4. The normalized spacial score (nSPS) is 19.0. The van der Waals surface area contributed by atoms with Gasteiger partial charge in [0.15, 0.2) is 0 Å². The number of rotatable bonds is 8. The van der Waals surface area contributed by atoms with Crippen molar-refractivity contribution in [3.8, 4) is 11.1 Å². The van der Waals surface area contributed by atoms with Gasteiger partial charge in [-0.05, 0) is 71.7 Å². The molecular formula is C30H34F4. The quantitative estimate of drug-likeness (QED) is 0.227. The van der Waals surface area contributed by atoms with Crippen LogP contribution in [0, 0.1) is 11.7 Å². The summed E-state index contributed by atoms with van der Waals surface area (Å²) in [6.45, 7) is 2.26. The predicted molar refractivity (Wildman–Crippen MR) is 132 cm³/mol. The van der Waals surface area contributed by atoms with Gasteiger partial charge in [-0.15, -0.1) is 0 Å². The number of halogens is 4. The van der Waals surface area contributed by atoms with E-state index in [1.807, 2.05) is 0 Å². The van der Waals surface area contributed by atoms with Crippen molar-refractivity contribution in [3.05, 3.63) is 71.5 Å². The minimum atomic E-state index is -4.69. The fraction of sp³-hybridized carbons (Fsp3) is 0.467. The van der Waals surface area contributed by atoms with Gasteiger partial charge in [-0.3, -0.25) is 0 Å². The van der Waals surface area contributed by atoms with Crippen molar-refractivity contribution in [2.45, 2.75) is 83.2 Å². The molecule has 0 saturated heterocycles. The van der Waals surface area contributed by atoms with E-state index in [9.17, 15) is 17.6 Å². The Hall–Kier alpha value is -2.36. The lowest BCUT2D eigenvalue weighted by Gasteiger charge is -2.29. The summed E-state index contributed by atoms with van der Waals surface area (Å²) in [6.07, 6.45) is 8.58. The van der Waals surface area contributed by atoms with Crippen LogP contribution in [0.1, 0.15) is 88.2 Å². The number of hydrogen-bond donors (Lipinski definition) is 0. The predicted octanol–water partition coefficient (Wildman–Crippen LogP) is 10.3. The molecule has 0 nitrogen and oxygen atoms in total. The molecule has 0 bridgehead atoms. The van der Waals surface area contributed by atoms with Gasteiger partial charge in [0, 0.05) is 5.39 Å². The summed E-state index contributed by atoms with van der Waals surface area (Å²) in [7, 11) is 0. The van der Waals surface area contributed by atoms with Crippen molar-refractivity contribution in [1.82, 2.24) is 0 Å². The molecule has 0 unspecified atom stereocenters. The van der Waals surface area contributed by atoms with Gasteiger partial charge < -0.3 is 0 Å². The molecular weight excluding hydrogens is 436 g/mol. The summed E-state index contributed by atoms with van der Waals surface area (Å²) >= 11 is 0. The SMILES string of the molecule is CCCCCCCC1CCC(c2ccc(-c3ccc4c(F)c(C(F)(F)F)ccc4c3)cc2)CC1. The standard InChI is InChI=1S/C30H34F4/c1-2-3-4-5-6-7-21-8-10-22(11-9-21)23-12-14-24(15-13-23)25-16-18-27-26(20-25)17-19-28(29(27)31)30(32,33)34/h12-22H,2-11H2,1H3. The number of hydrogen-bond acceptors (Lipinski definition) is 0. The van der Waals surface area contributed by atoms with Crippen molar-refractivity contribution in [1.29, 1.82) is 0 Å². The van der Waals surface area contributed by atoms with Crippen LogP contribution < -0.4 is 0 Å². The molecule has 0 aromatic heterocycles. The van der Waals surface area contributed by atoms with Crippen LogP contribution in [-0.4, -0.2) is 0 Å². The Kier molecular flexibility index (Phi) is 7.95. The first-order valence-corrected chi connectivity index (χ1v) is 12.8. The molecule has 182 valence electrons. The van der Waals surface area contributed by atoms with Crippen molar-refractivity contribution in [3.63, 3.8) is 0 Å². The van der Waals surface area contributed by atoms with Gasteiger partial charge in [-0.2, -0.15) is 13.2 Å². The Bertz CT molecular complexity index is 1070. The van der Waals surface area contributed by atoms with Crippen LogP contribution in [0.2, 0.25) is 0 Å². The minimum absolute atomic E-state index is 0.00248. The largest absolute Gasteiger partial charge is 0.419 e. The molecule has 0 atom stereocenters. The molecule has 0 N–H and O–H groups in total. The number of benzene rings is 3. The lowest BCUT2D eigenvalue weighted by molar-refractivity contribution is -0.139. The highest BCUT2D eigenvalue weighted by Crippen LogP contribution is 2.39. The maximum absolute atomic E-state index is 14.4. The van der Waals surface area contributed by atoms with Crippen LogP contribution in [-0.2, 0) is 6.18 Å². The zero-order valence-electron chi connectivity index (χ0n) is 19.9. The second-order valence-electron chi connectivity index (χ2n) is 9.90. The van der Waals surface area contributed by atoms with Crippen molar-refractivity contribution < 1.29 is 17.6 Å². The summed E-state index contributed by atoms with van der Waals surface area (Å²) in [4.78, 5) is 0. The van der Waals surface area contributed by atoms with Gasteiger partial charge in [0.25, 0.3) is 0 Å². The van der Waals surface area contributed by atoms with Gasteiger partial charge >= 0.3 is 6.18 Å². The van der Waals surface area contributed by atoms with E-state index in [-0.39, 0.29) is 5.39 Å². The van der Waals surface area contributed by atoms with Crippen LogP contribution in [0.4, 0.5) is 17.6 Å². The van der Waals surface area contributed by atoms with Crippen LogP contribution in [0.5, 0.6) is 0 Å². The van der Waals surface area contributed by atoms with E-state index >= 15 is 0 Å². The summed E-state index contributed by atoms with van der Waals surface area (Å²) in [5, 5.41) is 0.470. The third-order valence-corrected chi connectivity index (χ3v) is 7.54. The van der Waals surface area contributed by atoms with E-state index in [0.29, 0.717) is 11.3 Å². The fourth-order valence-corrected chi connectivity index (χ4v) is 5.46. The molecule has 4 heteroatoms. The number of unbranched alkanes of at least 4 members (excludes halogenated alkanes) is 4. The Morgan fingerprint density at radius 2 is 1.44 bits per heavy atom. The smallest absolute Gasteiger partial charge is 0.206 e. The Morgan fingerprint density at radius 3 is 2.12 bits per heavy atom. The third kappa shape index (κ3) is 5.82. The first-order valence-electron chi connectivity index (χ1n) is 12.8. The van der Waals surface area contributed by atoms with Crippen LogP contribution in [0.15, 0.2) is 54.6 Å². The second-order valence-corrected chi connectivity index (χ2v) is 9.90. The van der Waals surface area contributed by atoms with Crippen molar-refractivity contribution in [2.75, 3.05) is 0 Å². The molecule has 0 radical (unpaired) electrons. The van der Waals surface area contributed by atoms with E-state index in [1.165, 1.54) is 81.9 Å². The Morgan fingerprint density at radius 1 is 0.765 bits per heavy atom. The first kappa shape index (κ1) is 24.8. The third-order valence-electron chi connectivity index (χ3n) is 7.54. The fourth-order valence-electron chi connectivity index (χ4n) is 5.46. The van der Waals surface area contributed by atoms with Crippen LogP contribution >= 0.6 is 0 Å². The molecule has 1 fully saturated rings. The molecule has 3 aromatic carbocycles. The lowest BCUT2D eigenvalue weighted by atomic mass is 9.77. The van der Waals surface area contributed by atoms with Gasteiger partial charge in [0.05, 0.1) is 5.56 Å². The lowest BCUT2D eigenvalue weighted by Crippen LogP contribution is -2.13. The first-order chi connectivity index (χ1) is 16.4. The van der Waals surface area contributed by atoms with Crippen molar-refractivity contribution >= 4 is 10.8 Å². The zero-order chi connectivity index (χ0) is 24.1.